The Balaban J connectivity index is 2.86. The van der Waals surface area contributed by atoms with E-state index in [1.807, 2.05) is 0 Å². The number of carboxylic acid groups (broad SMARTS) is 1. The second-order valence-corrected chi connectivity index (χ2v) is 4.95. The van der Waals surface area contributed by atoms with Crippen LogP contribution in [0.2, 0.25) is 0 Å². The third kappa shape index (κ3) is 2.79. The fourth-order valence-corrected chi connectivity index (χ4v) is 1.62. The Kier molecular flexibility index (Phi) is 3.14. The zero-order chi connectivity index (χ0) is 11.6. The quantitative estimate of drug-likeness (QED) is 0.815. The van der Waals surface area contributed by atoms with Crippen molar-refractivity contribution in [2.45, 2.75) is 20.8 Å². The summed E-state index contributed by atoms with van der Waals surface area (Å²) in [6.07, 6.45) is 0. The summed E-state index contributed by atoms with van der Waals surface area (Å²) >= 11 is 1.25. The summed E-state index contributed by atoms with van der Waals surface area (Å²) in [5.74, 6) is -1.22. The molecule has 0 unspecified atom stereocenters. The van der Waals surface area contributed by atoms with Crippen molar-refractivity contribution in [3.05, 3.63) is 16.3 Å². The fourth-order valence-electron chi connectivity index (χ4n) is 0.869. The van der Waals surface area contributed by atoms with E-state index in [0.29, 0.717) is 5.69 Å². The van der Waals surface area contributed by atoms with Gasteiger partial charge in [0.1, 0.15) is 0 Å². The molecule has 0 aliphatic rings. The molecule has 0 saturated heterocycles. The van der Waals surface area contributed by atoms with Crippen LogP contribution in [-0.2, 0) is 4.79 Å². The monoisotopic (exact) mass is 227 g/mol. The van der Waals surface area contributed by atoms with Gasteiger partial charge in [0.25, 0.3) is 0 Å². The number of hydrogen-bond donors (Lipinski definition) is 2. The normalized spacial score (nSPS) is 11.1. The van der Waals surface area contributed by atoms with Crippen LogP contribution >= 0.6 is 11.3 Å². The van der Waals surface area contributed by atoms with Crippen LogP contribution in [0.3, 0.4) is 0 Å². The zero-order valence-electron chi connectivity index (χ0n) is 8.83. The number of hydrogen-bond acceptors (Lipinski definition) is 3. The average molecular weight is 227 g/mol. The number of carboxylic acids is 1. The molecule has 0 bridgehead atoms. The second-order valence-electron chi connectivity index (χ2n) is 4.21. The van der Waals surface area contributed by atoms with Gasteiger partial charge in [-0.05, 0) is 0 Å². The standard InChI is InChI=1S/C10H13NO3S/c1-10(2,3)9(14)11-7-5-15-4-6(7)8(12)13/h4-5H,1-3H3,(H,11,14)(H,12,13). The molecule has 0 spiro atoms. The Bertz CT molecular complexity index is 390. The number of carbonyl (C=O) groups is 2. The van der Waals surface area contributed by atoms with Crippen LogP contribution in [-0.4, -0.2) is 17.0 Å². The molecule has 0 aliphatic carbocycles. The first-order valence-electron chi connectivity index (χ1n) is 4.43. The number of thiophene rings is 1. The molecule has 0 atom stereocenters. The van der Waals surface area contributed by atoms with Gasteiger partial charge in [-0.15, -0.1) is 11.3 Å². The van der Waals surface area contributed by atoms with Gasteiger partial charge in [-0.3, -0.25) is 4.79 Å². The molecule has 1 heterocycles. The number of carbonyl (C=O) groups excluding carboxylic acids is 1. The molecular weight excluding hydrogens is 214 g/mol. The molecule has 0 aliphatic heterocycles. The van der Waals surface area contributed by atoms with Gasteiger partial charge in [0.15, 0.2) is 0 Å². The highest BCUT2D eigenvalue weighted by molar-refractivity contribution is 7.08. The summed E-state index contributed by atoms with van der Waals surface area (Å²) in [6, 6.07) is 0. The minimum Gasteiger partial charge on any atom is -0.478 e. The molecule has 2 N–H and O–H groups in total. The molecular formula is C10H13NO3S. The van der Waals surface area contributed by atoms with Crippen LogP contribution < -0.4 is 5.32 Å². The number of nitrogens with one attached hydrogen (secondary N) is 1. The maximum atomic E-state index is 11.6. The summed E-state index contributed by atoms with van der Waals surface area (Å²) in [4.78, 5) is 22.4. The van der Waals surface area contributed by atoms with Crippen molar-refractivity contribution in [3.8, 4) is 0 Å². The zero-order valence-corrected chi connectivity index (χ0v) is 9.64. The highest BCUT2D eigenvalue weighted by Crippen LogP contribution is 2.23. The topological polar surface area (TPSA) is 66.4 Å². The summed E-state index contributed by atoms with van der Waals surface area (Å²) < 4.78 is 0. The van der Waals surface area contributed by atoms with Crippen LogP contribution in [0.25, 0.3) is 0 Å². The molecule has 15 heavy (non-hydrogen) atoms. The van der Waals surface area contributed by atoms with Gasteiger partial charge in [0.05, 0.1) is 11.3 Å². The lowest BCUT2D eigenvalue weighted by molar-refractivity contribution is -0.123. The third-order valence-electron chi connectivity index (χ3n) is 1.82. The summed E-state index contributed by atoms with van der Waals surface area (Å²) in [5, 5.41) is 14.5. The second kappa shape index (κ2) is 4.02. The number of amides is 1. The summed E-state index contributed by atoms with van der Waals surface area (Å²) in [5.41, 5.74) is -0.0254. The smallest absolute Gasteiger partial charge is 0.338 e. The molecule has 5 heteroatoms. The average Bonchev–Trinajstić information content (AvgIpc) is 2.50. The van der Waals surface area contributed by atoms with Crippen molar-refractivity contribution in [1.82, 2.24) is 0 Å². The van der Waals surface area contributed by atoms with Crippen molar-refractivity contribution in [2.24, 2.45) is 5.41 Å². The van der Waals surface area contributed by atoms with E-state index in [1.165, 1.54) is 16.7 Å². The minimum absolute atomic E-state index is 0.137. The van der Waals surface area contributed by atoms with E-state index in [1.54, 1.807) is 26.2 Å². The number of aromatic carboxylic acids is 1. The van der Waals surface area contributed by atoms with Crippen molar-refractivity contribution < 1.29 is 14.7 Å². The van der Waals surface area contributed by atoms with E-state index < -0.39 is 11.4 Å². The maximum absolute atomic E-state index is 11.6. The highest BCUT2D eigenvalue weighted by Gasteiger charge is 2.23. The first kappa shape index (κ1) is 11.7. The fraction of sp³-hybridized carbons (Fsp3) is 0.400. The van der Waals surface area contributed by atoms with Gasteiger partial charge >= 0.3 is 5.97 Å². The van der Waals surface area contributed by atoms with Crippen molar-refractivity contribution in [1.29, 1.82) is 0 Å². The molecule has 1 rings (SSSR count). The van der Waals surface area contributed by atoms with Crippen molar-refractivity contribution in [3.63, 3.8) is 0 Å². The van der Waals surface area contributed by atoms with Crippen LogP contribution in [0.15, 0.2) is 10.8 Å². The molecule has 1 aromatic heterocycles. The van der Waals surface area contributed by atoms with Gasteiger partial charge in [0, 0.05) is 16.2 Å². The van der Waals surface area contributed by atoms with E-state index in [9.17, 15) is 9.59 Å². The third-order valence-corrected chi connectivity index (χ3v) is 2.57. The van der Waals surface area contributed by atoms with E-state index in [4.69, 9.17) is 5.11 Å². The molecule has 4 nitrogen and oxygen atoms in total. The minimum atomic E-state index is -1.03. The van der Waals surface area contributed by atoms with E-state index in [2.05, 4.69) is 5.32 Å². The molecule has 0 aromatic carbocycles. The van der Waals surface area contributed by atoms with Gasteiger partial charge < -0.3 is 10.4 Å². The lowest BCUT2D eigenvalue weighted by Crippen LogP contribution is -2.28. The Hall–Kier alpha value is -1.36. The summed E-state index contributed by atoms with van der Waals surface area (Å²) in [6.45, 7) is 5.32. The Morgan fingerprint density at radius 3 is 2.40 bits per heavy atom. The van der Waals surface area contributed by atoms with Crippen LogP contribution in [0.1, 0.15) is 31.1 Å². The van der Waals surface area contributed by atoms with E-state index in [-0.39, 0.29) is 11.5 Å². The largest absolute Gasteiger partial charge is 0.478 e. The maximum Gasteiger partial charge on any atom is 0.338 e. The lowest BCUT2D eigenvalue weighted by Gasteiger charge is -2.17. The van der Waals surface area contributed by atoms with Crippen LogP contribution in [0.4, 0.5) is 5.69 Å². The van der Waals surface area contributed by atoms with Gasteiger partial charge in [-0.25, -0.2) is 4.79 Å². The first-order chi connectivity index (χ1) is 6.82. The van der Waals surface area contributed by atoms with Gasteiger partial charge in [0.2, 0.25) is 5.91 Å². The molecule has 82 valence electrons. The Morgan fingerprint density at radius 1 is 1.33 bits per heavy atom. The number of rotatable bonds is 2. The predicted molar refractivity (Wildman–Crippen MR) is 59.4 cm³/mol. The first-order valence-corrected chi connectivity index (χ1v) is 5.37. The number of anilines is 1. The lowest BCUT2D eigenvalue weighted by atomic mass is 9.95. The molecule has 0 saturated carbocycles. The highest BCUT2D eigenvalue weighted by atomic mass is 32.1. The molecule has 0 fully saturated rings. The Labute approximate surface area is 91.9 Å². The Morgan fingerprint density at radius 2 is 1.93 bits per heavy atom. The van der Waals surface area contributed by atoms with Crippen LogP contribution in [0, 0.1) is 5.41 Å². The molecule has 1 aromatic rings. The van der Waals surface area contributed by atoms with E-state index in [0.717, 1.165) is 0 Å². The van der Waals surface area contributed by atoms with Gasteiger partial charge in [-0.2, -0.15) is 0 Å². The van der Waals surface area contributed by atoms with Gasteiger partial charge in [-0.1, -0.05) is 20.8 Å². The molecule has 0 radical (unpaired) electrons. The SMILES string of the molecule is CC(C)(C)C(=O)Nc1cscc1C(=O)O. The molecule has 1 amide bonds. The predicted octanol–water partition coefficient (Wildman–Crippen LogP) is 2.43. The van der Waals surface area contributed by atoms with Crippen molar-refractivity contribution >= 4 is 28.9 Å². The van der Waals surface area contributed by atoms with Crippen molar-refractivity contribution in [2.75, 3.05) is 5.32 Å². The van der Waals surface area contributed by atoms with Crippen LogP contribution in [0.5, 0.6) is 0 Å². The van der Waals surface area contributed by atoms with E-state index >= 15 is 0 Å². The summed E-state index contributed by atoms with van der Waals surface area (Å²) in [7, 11) is 0.